The van der Waals surface area contributed by atoms with Crippen LogP contribution in [0.25, 0.3) is 0 Å². The van der Waals surface area contributed by atoms with Crippen LogP contribution in [0.2, 0.25) is 0 Å². The van der Waals surface area contributed by atoms with Crippen molar-refractivity contribution in [3.8, 4) is 0 Å². The van der Waals surface area contributed by atoms with Crippen LogP contribution in [0, 0.1) is 0 Å². The summed E-state index contributed by atoms with van der Waals surface area (Å²) in [6.45, 7) is 2.45. The summed E-state index contributed by atoms with van der Waals surface area (Å²) < 4.78 is 0. The molecule has 2 rings (SSSR count). The molecule has 0 aromatic heterocycles. The lowest BCUT2D eigenvalue weighted by atomic mass is 10.7. The topological polar surface area (TPSA) is 15.0 Å². The fraction of sp³-hybridized carbons (Fsp3) is 1.00. The summed E-state index contributed by atoms with van der Waals surface area (Å²) in [6.07, 6.45) is 0.815. The molecular weight excluding hydrogens is 64.0 g/mol. The van der Waals surface area contributed by atoms with Gasteiger partial charge >= 0.3 is 0 Å². The number of nitrogens with zero attached hydrogens (tertiary/aromatic N) is 1. The van der Waals surface area contributed by atoms with Gasteiger partial charge in [-0.05, 0) is 0 Å². The fourth-order valence-corrected chi connectivity index (χ4v) is 0.654. The minimum atomic E-state index is 0.815. The van der Waals surface area contributed by atoms with Crippen LogP contribution < -0.4 is 5.32 Å². The fourth-order valence-electron chi connectivity index (χ4n) is 0.654. The van der Waals surface area contributed by atoms with E-state index in [9.17, 15) is 0 Å². The van der Waals surface area contributed by atoms with Crippen molar-refractivity contribution in [2.45, 2.75) is 6.17 Å². The van der Waals surface area contributed by atoms with Crippen molar-refractivity contribution in [2.24, 2.45) is 0 Å². The van der Waals surface area contributed by atoms with Gasteiger partial charge < -0.3 is 0 Å². The largest absolute Gasteiger partial charge is 0.288 e. The molecule has 0 unspecified atom stereocenters. The Bertz CT molecular complexity index is 49.9. The molecule has 0 amide bonds. The standard InChI is InChI=1S/C3H6N2/c1-3-4-2-5(1)3/h3-4H,1-2H2/t3-,5-/m1/s1. The second-order valence-electron chi connectivity index (χ2n) is 1.65. The summed E-state index contributed by atoms with van der Waals surface area (Å²) in [5.41, 5.74) is 0. The van der Waals surface area contributed by atoms with E-state index in [4.69, 9.17) is 0 Å². The van der Waals surface area contributed by atoms with Gasteiger partial charge in [-0.3, -0.25) is 10.2 Å². The summed E-state index contributed by atoms with van der Waals surface area (Å²) in [6, 6.07) is 0. The highest BCUT2D eigenvalue weighted by molar-refractivity contribution is 4.94. The van der Waals surface area contributed by atoms with Crippen LogP contribution in [-0.4, -0.2) is 24.3 Å². The molecule has 0 radical (unpaired) electrons. The molecule has 1 N–H and O–H groups in total. The number of hydrogen-bond acceptors (Lipinski definition) is 2. The van der Waals surface area contributed by atoms with Crippen molar-refractivity contribution in [2.75, 3.05) is 13.2 Å². The highest BCUT2D eigenvalue weighted by Gasteiger charge is 2.41. The maximum Gasteiger partial charge on any atom is 0.0750 e. The highest BCUT2D eigenvalue weighted by Crippen LogP contribution is 2.19. The molecule has 2 heteroatoms. The third-order valence-electron chi connectivity index (χ3n) is 1.24. The maximum atomic E-state index is 3.21. The van der Waals surface area contributed by atoms with Crippen LogP contribution in [0.15, 0.2) is 0 Å². The Kier molecular flexibility index (Phi) is 0.181. The van der Waals surface area contributed by atoms with Gasteiger partial charge in [0.1, 0.15) is 0 Å². The zero-order chi connectivity index (χ0) is 3.28. The van der Waals surface area contributed by atoms with Gasteiger partial charge in [-0.25, -0.2) is 0 Å². The zero-order valence-electron chi connectivity index (χ0n) is 2.94. The molecule has 2 aliphatic heterocycles. The second kappa shape index (κ2) is 0.420. The molecule has 0 aromatic carbocycles. The predicted octanol–water partition coefficient (Wildman–Crippen LogP) is -0.811. The van der Waals surface area contributed by atoms with Gasteiger partial charge in [-0.15, -0.1) is 0 Å². The van der Waals surface area contributed by atoms with E-state index in [0.717, 1.165) is 12.8 Å². The van der Waals surface area contributed by atoms with E-state index < -0.39 is 0 Å². The summed E-state index contributed by atoms with van der Waals surface area (Å²) in [5.74, 6) is 0. The smallest absolute Gasteiger partial charge is 0.0750 e. The molecule has 0 aromatic rings. The highest BCUT2D eigenvalue weighted by atomic mass is 15.6. The Morgan fingerprint density at radius 2 is 2.60 bits per heavy atom. The minimum Gasteiger partial charge on any atom is -0.288 e. The Balaban J connectivity index is 2.19. The van der Waals surface area contributed by atoms with Gasteiger partial charge in [0.05, 0.1) is 12.8 Å². The van der Waals surface area contributed by atoms with Crippen LogP contribution in [0.1, 0.15) is 0 Å². The first-order chi connectivity index (χ1) is 2.47. The molecule has 2 aliphatic rings. The molecule has 0 saturated carbocycles. The Morgan fingerprint density at radius 3 is 2.60 bits per heavy atom. The van der Waals surface area contributed by atoms with Crippen molar-refractivity contribution < 1.29 is 0 Å². The first kappa shape index (κ1) is 2.16. The number of nitrogens with one attached hydrogen (secondary N) is 1. The summed E-state index contributed by atoms with van der Waals surface area (Å²) in [4.78, 5) is 2.36. The zero-order valence-corrected chi connectivity index (χ0v) is 2.94. The lowest BCUT2D eigenvalue weighted by Gasteiger charge is -2.12. The monoisotopic (exact) mass is 70.1 g/mol. The predicted molar refractivity (Wildman–Crippen MR) is 18.5 cm³/mol. The molecule has 2 nitrogen and oxygen atoms in total. The summed E-state index contributed by atoms with van der Waals surface area (Å²) >= 11 is 0. The third kappa shape index (κ3) is 0.121. The average molecular weight is 70.1 g/mol. The molecule has 2 saturated heterocycles. The van der Waals surface area contributed by atoms with E-state index >= 15 is 0 Å². The van der Waals surface area contributed by atoms with Crippen LogP contribution in [-0.2, 0) is 0 Å². The van der Waals surface area contributed by atoms with Gasteiger partial charge in [0.2, 0.25) is 0 Å². The first-order valence-electron chi connectivity index (χ1n) is 1.94. The molecule has 5 heavy (non-hydrogen) atoms. The minimum absolute atomic E-state index is 0.815. The van der Waals surface area contributed by atoms with Crippen molar-refractivity contribution in [1.29, 1.82) is 0 Å². The van der Waals surface area contributed by atoms with Crippen LogP contribution in [0.3, 0.4) is 0 Å². The lowest BCUT2D eigenvalue weighted by Crippen LogP contribution is -2.38. The van der Waals surface area contributed by atoms with E-state index in [1.165, 1.54) is 6.54 Å². The maximum absolute atomic E-state index is 3.21. The first-order valence-corrected chi connectivity index (χ1v) is 1.94. The van der Waals surface area contributed by atoms with Crippen molar-refractivity contribution in [3.63, 3.8) is 0 Å². The number of hydrogen-bond donors (Lipinski definition) is 1. The molecule has 2 heterocycles. The SMILES string of the molecule is C1N[C@H]2C[N@]12. The third-order valence-corrected chi connectivity index (χ3v) is 1.24. The van der Waals surface area contributed by atoms with Crippen molar-refractivity contribution in [3.05, 3.63) is 0 Å². The van der Waals surface area contributed by atoms with Gasteiger partial charge in [0.15, 0.2) is 0 Å². The van der Waals surface area contributed by atoms with E-state index in [1.807, 2.05) is 0 Å². The Hall–Kier alpha value is -0.0800. The molecule has 0 spiro atoms. The van der Waals surface area contributed by atoms with E-state index in [1.54, 1.807) is 0 Å². The quantitative estimate of drug-likeness (QED) is 0.375. The van der Waals surface area contributed by atoms with Gasteiger partial charge in [0, 0.05) is 6.54 Å². The van der Waals surface area contributed by atoms with Crippen LogP contribution in [0.5, 0.6) is 0 Å². The van der Waals surface area contributed by atoms with Crippen molar-refractivity contribution >= 4 is 0 Å². The van der Waals surface area contributed by atoms with Crippen LogP contribution >= 0.6 is 0 Å². The summed E-state index contributed by atoms with van der Waals surface area (Å²) in [7, 11) is 0. The van der Waals surface area contributed by atoms with E-state index in [2.05, 4.69) is 10.2 Å². The number of fused-ring (bicyclic) bond motifs is 1. The van der Waals surface area contributed by atoms with Crippen molar-refractivity contribution in [1.82, 2.24) is 10.2 Å². The second-order valence-corrected chi connectivity index (χ2v) is 1.65. The lowest BCUT2D eigenvalue weighted by molar-refractivity contribution is 0.319. The van der Waals surface area contributed by atoms with E-state index in [-0.39, 0.29) is 0 Å². The summed E-state index contributed by atoms with van der Waals surface area (Å²) in [5, 5.41) is 3.21. The molecule has 0 bridgehead atoms. The normalized spacial score (nSPS) is 57.6. The van der Waals surface area contributed by atoms with Gasteiger partial charge in [-0.2, -0.15) is 0 Å². The van der Waals surface area contributed by atoms with E-state index in [0.29, 0.717) is 0 Å². The molecule has 2 atom stereocenters. The molecule has 28 valence electrons. The molecular formula is C3H6N2. The average Bonchev–Trinajstić information content (AvgIpc) is 1.74. The molecule has 0 aliphatic carbocycles. The van der Waals surface area contributed by atoms with Gasteiger partial charge in [0.25, 0.3) is 0 Å². The Labute approximate surface area is 30.8 Å². The Morgan fingerprint density at radius 1 is 1.80 bits per heavy atom. The van der Waals surface area contributed by atoms with Crippen LogP contribution in [0.4, 0.5) is 0 Å². The molecule has 2 fully saturated rings. The van der Waals surface area contributed by atoms with Gasteiger partial charge in [-0.1, -0.05) is 0 Å². The number of rotatable bonds is 0.